The number of nitrogens with zero attached hydrogens (tertiary/aromatic N) is 2. The first-order chi connectivity index (χ1) is 28.0. The van der Waals surface area contributed by atoms with Crippen LogP contribution in [0.3, 0.4) is 0 Å². The molecule has 2 saturated heterocycles. The molecule has 0 unspecified atom stereocenters. The Bertz CT molecular complexity index is 1950. The van der Waals surface area contributed by atoms with E-state index in [2.05, 4.69) is 48.8 Å². The Kier molecular flexibility index (Phi) is 22.1. The molecule has 0 bridgehead atoms. The van der Waals surface area contributed by atoms with Gasteiger partial charge in [0.05, 0.1) is 53.4 Å². The first-order valence-electron chi connectivity index (χ1n) is 19.4. The van der Waals surface area contributed by atoms with Crippen LogP contribution in [0.25, 0.3) is 0 Å². The van der Waals surface area contributed by atoms with Crippen LogP contribution >= 0.6 is 46.4 Å². The fourth-order valence-electron chi connectivity index (χ4n) is 6.60. The van der Waals surface area contributed by atoms with Crippen molar-refractivity contribution in [1.82, 2.24) is 4.90 Å². The van der Waals surface area contributed by atoms with Gasteiger partial charge < -0.3 is 37.0 Å². The maximum absolute atomic E-state index is 12.4. The molecular weight excluding hydrogens is 855 g/mol. The molecule has 0 spiro atoms. The molecule has 0 aromatic heterocycles. The minimum atomic E-state index is -0.593. The molecule has 0 saturated carbocycles. The van der Waals surface area contributed by atoms with Gasteiger partial charge in [-0.2, -0.15) is 0 Å². The topological polar surface area (TPSA) is 79.9 Å². The van der Waals surface area contributed by atoms with E-state index >= 15 is 0 Å². The van der Waals surface area contributed by atoms with Gasteiger partial charge in [0.25, 0.3) is 11.8 Å². The van der Waals surface area contributed by atoms with Crippen molar-refractivity contribution in [2.75, 3.05) is 58.2 Å². The number of nitrogens with one attached hydrogen (secondary N) is 2. The molecule has 2 fully saturated rings. The zero-order valence-electron chi connectivity index (χ0n) is 34.2. The third-order valence-electron chi connectivity index (χ3n) is 10.2. The minimum absolute atomic E-state index is 0. The number of anilines is 2. The molecule has 2 N–H and O–H groups in total. The molecule has 0 atom stereocenters. The quantitative estimate of drug-likeness (QED) is 0.171. The van der Waals surface area contributed by atoms with Gasteiger partial charge in [-0.05, 0) is 86.1 Å². The fraction of sp³-hybridized carbons (Fsp3) is 0.366. The van der Waals surface area contributed by atoms with E-state index in [1.165, 1.54) is 11.1 Å². The zero-order valence-corrected chi connectivity index (χ0v) is 38.0. The molecule has 8 radical (unpaired) electrons. The average Bonchev–Trinajstić information content (AvgIpc) is 3.22. The van der Waals surface area contributed by atoms with Crippen LogP contribution in [-0.4, -0.2) is 125 Å². The van der Waals surface area contributed by atoms with Crippen LogP contribution in [0.5, 0.6) is 0 Å². The predicted molar refractivity (Wildman–Crippen MR) is 251 cm³/mol. The van der Waals surface area contributed by atoms with E-state index in [1.54, 1.807) is 36.4 Å². The Morgan fingerprint density at radius 2 is 1.05 bits per heavy atom. The molecular formula is C41H47B6Cl5N4O4. The van der Waals surface area contributed by atoms with Crippen LogP contribution in [0.15, 0.2) is 84.9 Å². The van der Waals surface area contributed by atoms with E-state index in [0.717, 1.165) is 81.1 Å². The van der Waals surface area contributed by atoms with Gasteiger partial charge in [-0.1, -0.05) is 70.7 Å². The Labute approximate surface area is 388 Å². The van der Waals surface area contributed by atoms with Gasteiger partial charge in [-0.3, -0.25) is 14.5 Å². The van der Waals surface area contributed by atoms with Crippen molar-refractivity contribution in [2.24, 2.45) is 0 Å². The Balaban J connectivity index is 0.000000278. The van der Waals surface area contributed by atoms with Crippen LogP contribution in [0.4, 0.5) is 11.4 Å². The molecule has 0 aliphatic carbocycles. The highest BCUT2D eigenvalue weighted by molar-refractivity contribution is 7.76. The van der Waals surface area contributed by atoms with Crippen molar-refractivity contribution >= 4 is 113 Å². The number of amides is 2. The second-order valence-electron chi connectivity index (χ2n) is 15.3. The molecule has 8 nitrogen and oxygen atoms in total. The average molecular weight is 902 g/mol. The number of ether oxygens (including phenoxy) is 2. The highest BCUT2D eigenvalue weighted by Crippen LogP contribution is 2.26. The lowest BCUT2D eigenvalue weighted by Gasteiger charge is -2.40. The largest absolute Gasteiger partial charge is 1.00 e. The van der Waals surface area contributed by atoms with E-state index in [9.17, 15) is 9.59 Å². The molecule has 2 heterocycles. The van der Waals surface area contributed by atoms with Gasteiger partial charge in [0.1, 0.15) is 6.54 Å². The summed E-state index contributed by atoms with van der Waals surface area (Å²) in [6, 6.07) is 26.8. The second kappa shape index (κ2) is 25.6. The molecule has 4 aromatic carbocycles. The monoisotopic (exact) mass is 900 g/mol. The summed E-state index contributed by atoms with van der Waals surface area (Å²) in [4.78, 5) is 27.1. The van der Waals surface area contributed by atoms with E-state index in [0.29, 0.717) is 43.3 Å². The first kappa shape index (κ1) is 51.8. The molecule has 2 amide bonds. The maximum Gasteiger partial charge on any atom is 0.255 e. The molecule has 6 rings (SSSR count). The number of hydrogen-bond acceptors (Lipinski definition) is 5. The Morgan fingerprint density at radius 3 is 1.45 bits per heavy atom. The van der Waals surface area contributed by atoms with E-state index in [-0.39, 0.29) is 24.2 Å². The Hall–Kier alpha value is -2.50. The molecule has 2 aliphatic heterocycles. The van der Waals surface area contributed by atoms with Crippen molar-refractivity contribution in [3.8, 4) is 0 Å². The van der Waals surface area contributed by atoms with Gasteiger partial charge >= 0.3 is 0 Å². The van der Waals surface area contributed by atoms with Crippen molar-refractivity contribution in [1.29, 1.82) is 0 Å². The number of halogens is 5. The molecule has 4 aromatic rings. The minimum Gasteiger partial charge on any atom is -1.00 e. The predicted octanol–water partition coefficient (Wildman–Crippen LogP) is 4.58. The summed E-state index contributed by atoms with van der Waals surface area (Å²) in [6.45, 7) is 5.22. The lowest BCUT2D eigenvalue weighted by molar-refractivity contribution is -0.929. The standard InChI is InChI=1S/C21H24Cl2N2O2.C20H22Cl2N2O2.B6.ClH/c1-25(2,18-9-11-27-12-10-18)14-15-3-6-17(7-4-15)24-21(26)16-5-8-19(22)20(23)13-16;1-24(17-8-10-26-11-9-17)13-14-2-5-16(6-3-14)23-20(25)15-4-7-18(21)19(22)12-15;1-5(2)6(3)4;/h3-8,13,18H,9-12,14H2,1-2H3;2-7,12,17H,8-11,13H2,1H3,(H,23,25);;1H. The summed E-state index contributed by atoms with van der Waals surface area (Å²) in [5, 5.41) is 7.37. The summed E-state index contributed by atoms with van der Waals surface area (Å²) in [6.07, 6.45) is 3.17. The van der Waals surface area contributed by atoms with Crippen LogP contribution < -0.4 is 23.0 Å². The lowest BCUT2D eigenvalue weighted by atomic mass is 8.81. The molecule has 19 heteroatoms. The van der Waals surface area contributed by atoms with Crippen molar-refractivity contribution in [3.63, 3.8) is 0 Å². The third kappa shape index (κ3) is 17.0. The summed E-state index contributed by atoms with van der Waals surface area (Å²) in [7, 11) is 26.5. The van der Waals surface area contributed by atoms with Gasteiger partial charge in [0.2, 0.25) is 0 Å². The maximum atomic E-state index is 12.4. The summed E-state index contributed by atoms with van der Waals surface area (Å²) < 4.78 is 11.8. The van der Waals surface area contributed by atoms with Crippen LogP contribution in [0, 0.1) is 0 Å². The van der Waals surface area contributed by atoms with Crippen molar-refractivity contribution < 1.29 is 36.0 Å². The summed E-state index contributed by atoms with van der Waals surface area (Å²) >= 11 is 23.7. The summed E-state index contributed by atoms with van der Waals surface area (Å²) in [5.41, 5.74) is 4.92. The van der Waals surface area contributed by atoms with Crippen molar-refractivity contribution in [2.45, 2.75) is 50.9 Å². The van der Waals surface area contributed by atoms with Crippen LogP contribution in [-0.2, 0) is 22.6 Å². The number of quaternary nitrogens is 1. The fourth-order valence-corrected chi connectivity index (χ4v) is 7.19. The summed E-state index contributed by atoms with van der Waals surface area (Å²) in [5.74, 6) is -0.421. The number of benzene rings is 4. The third-order valence-corrected chi connectivity index (χ3v) is 11.7. The Morgan fingerprint density at radius 1 is 0.650 bits per heavy atom. The smallest absolute Gasteiger partial charge is 0.255 e. The lowest BCUT2D eigenvalue weighted by Crippen LogP contribution is -3.00. The zero-order chi connectivity index (χ0) is 43.1. The molecule has 308 valence electrons. The number of hydrogen-bond donors (Lipinski definition) is 2. The van der Waals surface area contributed by atoms with Gasteiger partial charge in [-0.15, -0.1) is 0 Å². The number of carbonyl (C=O) groups is 2. The highest BCUT2D eigenvalue weighted by atomic mass is 35.5. The van der Waals surface area contributed by atoms with Crippen LogP contribution in [0.1, 0.15) is 57.5 Å². The SMILES string of the molecule is CN(Cc1ccc(NC(=O)c2ccc(Cl)c(Cl)c2)cc1)C1CCOCC1.C[N+](C)(Cc1ccc(NC(=O)c2ccc(Cl)c(Cl)c2)cc1)C1CCOCC1.[B]B([B])B([B])[B].[Cl-]. The van der Waals surface area contributed by atoms with Crippen molar-refractivity contribution in [3.05, 3.63) is 127 Å². The van der Waals surface area contributed by atoms with E-state index in [1.807, 2.05) is 36.4 Å². The number of carbonyl (C=O) groups excluding carboxylic acids is 2. The van der Waals surface area contributed by atoms with Crippen LogP contribution in [0.2, 0.25) is 20.1 Å². The van der Waals surface area contributed by atoms with Gasteiger partial charge in [0.15, 0.2) is 0 Å². The molecule has 2 aliphatic rings. The van der Waals surface area contributed by atoms with E-state index < -0.39 is 12.8 Å². The van der Waals surface area contributed by atoms with Gasteiger partial charge in [0, 0.05) is 110 Å². The molecule has 60 heavy (non-hydrogen) atoms. The highest BCUT2D eigenvalue weighted by Gasteiger charge is 2.30. The second-order valence-corrected chi connectivity index (χ2v) is 16.9. The number of rotatable bonds is 11. The normalized spacial score (nSPS) is 14.3. The first-order valence-corrected chi connectivity index (χ1v) is 20.9. The van der Waals surface area contributed by atoms with Gasteiger partial charge in [-0.25, -0.2) is 0 Å². The van der Waals surface area contributed by atoms with E-state index in [4.69, 9.17) is 86.8 Å².